The highest BCUT2D eigenvalue weighted by molar-refractivity contribution is 5.94. The summed E-state index contributed by atoms with van der Waals surface area (Å²) in [5.74, 6) is -0.00767. The number of rotatable bonds is 4. The summed E-state index contributed by atoms with van der Waals surface area (Å²) in [4.78, 5) is 16.8. The monoisotopic (exact) mass is 309 g/mol. The molecule has 3 rings (SSSR count). The molecule has 1 N–H and O–H groups in total. The largest absolute Gasteiger partial charge is 0.369 e. The van der Waals surface area contributed by atoms with Gasteiger partial charge in [0, 0.05) is 37.4 Å². The Morgan fingerprint density at radius 3 is 2.43 bits per heavy atom. The van der Waals surface area contributed by atoms with Crippen LogP contribution in [0.2, 0.25) is 0 Å². The van der Waals surface area contributed by atoms with E-state index < -0.39 is 0 Å². The van der Waals surface area contributed by atoms with Crippen LogP contribution in [-0.4, -0.2) is 43.7 Å². The van der Waals surface area contributed by atoms with Gasteiger partial charge in [0.15, 0.2) is 0 Å². The van der Waals surface area contributed by atoms with Crippen molar-refractivity contribution in [3.05, 3.63) is 65.7 Å². The van der Waals surface area contributed by atoms with E-state index in [1.165, 1.54) is 11.3 Å². The van der Waals surface area contributed by atoms with Crippen LogP contribution in [0.25, 0.3) is 0 Å². The zero-order valence-electron chi connectivity index (χ0n) is 13.5. The van der Waals surface area contributed by atoms with Crippen molar-refractivity contribution in [3.63, 3.8) is 0 Å². The lowest BCUT2D eigenvalue weighted by Crippen LogP contribution is -2.50. The Morgan fingerprint density at radius 1 is 1.00 bits per heavy atom. The van der Waals surface area contributed by atoms with Crippen molar-refractivity contribution >= 4 is 11.6 Å². The lowest BCUT2D eigenvalue weighted by molar-refractivity contribution is 0.0920. The molecule has 1 aliphatic rings. The van der Waals surface area contributed by atoms with Gasteiger partial charge in [-0.2, -0.15) is 0 Å². The fourth-order valence-electron chi connectivity index (χ4n) is 2.86. The Bertz CT molecular complexity index is 649. The number of hydrogen-bond acceptors (Lipinski definition) is 3. The predicted molar refractivity (Wildman–Crippen MR) is 93.7 cm³/mol. The van der Waals surface area contributed by atoms with Crippen LogP contribution in [0, 0.1) is 6.92 Å². The molecule has 120 valence electrons. The third kappa shape index (κ3) is 4.11. The fraction of sp³-hybridized carbons (Fsp3) is 0.316. The van der Waals surface area contributed by atoms with Crippen LogP contribution >= 0.6 is 0 Å². The van der Waals surface area contributed by atoms with Crippen LogP contribution in [0.15, 0.2) is 54.6 Å². The molecule has 0 bridgehead atoms. The molecule has 2 aromatic carbocycles. The molecule has 0 atom stereocenters. The van der Waals surface area contributed by atoms with Crippen molar-refractivity contribution in [1.82, 2.24) is 10.2 Å². The molecule has 0 saturated carbocycles. The summed E-state index contributed by atoms with van der Waals surface area (Å²) in [7, 11) is 0. The van der Waals surface area contributed by atoms with Crippen LogP contribution in [0.5, 0.6) is 0 Å². The maximum Gasteiger partial charge on any atom is 0.252 e. The molecule has 1 heterocycles. The second-order valence-electron chi connectivity index (χ2n) is 5.97. The SMILES string of the molecule is Cc1cccc(N2CCN(CNC(=O)c3ccccc3)CC2)c1. The number of amides is 1. The highest BCUT2D eigenvalue weighted by Gasteiger charge is 2.17. The predicted octanol–water partition coefficient (Wildman–Crippen LogP) is 2.50. The van der Waals surface area contributed by atoms with Gasteiger partial charge in [-0.3, -0.25) is 9.69 Å². The van der Waals surface area contributed by atoms with Gasteiger partial charge in [-0.05, 0) is 36.8 Å². The number of hydrogen-bond donors (Lipinski definition) is 1. The van der Waals surface area contributed by atoms with Gasteiger partial charge >= 0.3 is 0 Å². The maximum absolute atomic E-state index is 12.1. The Labute approximate surface area is 137 Å². The van der Waals surface area contributed by atoms with E-state index in [0.29, 0.717) is 12.2 Å². The van der Waals surface area contributed by atoms with E-state index >= 15 is 0 Å². The van der Waals surface area contributed by atoms with Gasteiger partial charge in [-0.15, -0.1) is 0 Å². The van der Waals surface area contributed by atoms with Crippen molar-refractivity contribution in [2.45, 2.75) is 6.92 Å². The molecule has 0 unspecified atom stereocenters. The highest BCUT2D eigenvalue weighted by atomic mass is 16.1. The zero-order chi connectivity index (χ0) is 16.1. The van der Waals surface area contributed by atoms with Crippen molar-refractivity contribution in [2.75, 3.05) is 37.7 Å². The molecule has 0 aromatic heterocycles. The molecule has 0 aliphatic carbocycles. The minimum Gasteiger partial charge on any atom is -0.369 e. The first kappa shape index (κ1) is 15.6. The molecule has 1 fully saturated rings. The van der Waals surface area contributed by atoms with E-state index in [2.05, 4.69) is 46.3 Å². The minimum absolute atomic E-state index is 0.00767. The highest BCUT2D eigenvalue weighted by Crippen LogP contribution is 2.17. The van der Waals surface area contributed by atoms with E-state index in [1.54, 1.807) is 0 Å². The van der Waals surface area contributed by atoms with Crippen molar-refractivity contribution in [1.29, 1.82) is 0 Å². The van der Waals surface area contributed by atoms with Crippen LogP contribution in [0.4, 0.5) is 5.69 Å². The first-order valence-corrected chi connectivity index (χ1v) is 8.09. The Morgan fingerprint density at radius 2 is 1.74 bits per heavy atom. The molecule has 0 radical (unpaired) electrons. The Kier molecular flexibility index (Phi) is 4.93. The second-order valence-corrected chi connectivity index (χ2v) is 5.97. The molecule has 4 heteroatoms. The summed E-state index contributed by atoms with van der Waals surface area (Å²) >= 11 is 0. The number of benzene rings is 2. The average molecular weight is 309 g/mol. The zero-order valence-corrected chi connectivity index (χ0v) is 13.5. The molecule has 1 amide bonds. The molecular formula is C19H23N3O. The standard InChI is InChI=1S/C19H23N3O/c1-16-6-5-9-18(14-16)22-12-10-21(11-13-22)15-20-19(23)17-7-3-2-4-8-17/h2-9,14H,10-13,15H2,1H3,(H,20,23). The Balaban J connectivity index is 1.47. The number of nitrogens with one attached hydrogen (secondary N) is 1. The van der Waals surface area contributed by atoms with Crippen LogP contribution in [0.3, 0.4) is 0 Å². The lowest BCUT2D eigenvalue weighted by Gasteiger charge is -2.36. The van der Waals surface area contributed by atoms with E-state index in [1.807, 2.05) is 30.3 Å². The fourth-order valence-corrected chi connectivity index (χ4v) is 2.86. The van der Waals surface area contributed by atoms with Gasteiger partial charge in [-0.25, -0.2) is 0 Å². The second kappa shape index (κ2) is 7.29. The van der Waals surface area contributed by atoms with E-state index in [0.717, 1.165) is 26.2 Å². The number of carbonyl (C=O) groups is 1. The molecule has 4 nitrogen and oxygen atoms in total. The Hall–Kier alpha value is -2.33. The molecule has 1 aliphatic heterocycles. The maximum atomic E-state index is 12.1. The number of aryl methyl sites for hydroxylation is 1. The summed E-state index contributed by atoms with van der Waals surface area (Å²) in [6.07, 6.45) is 0. The molecule has 2 aromatic rings. The number of nitrogens with zero attached hydrogens (tertiary/aromatic N) is 2. The van der Waals surface area contributed by atoms with Crippen molar-refractivity contribution < 1.29 is 4.79 Å². The summed E-state index contributed by atoms with van der Waals surface area (Å²) in [6, 6.07) is 18.0. The third-order valence-electron chi connectivity index (χ3n) is 4.24. The average Bonchev–Trinajstić information content (AvgIpc) is 2.61. The number of anilines is 1. The van der Waals surface area contributed by atoms with Gasteiger partial charge in [0.05, 0.1) is 6.67 Å². The first-order chi connectivity index (χ1) is 11.2. The number of carbonyl (C=O) groups excluding carboxylic acids is 1. The topological polar surface area (TPSA) is 35.6 Å². The van der Waals surface area contributed by atoms with Crippen LogP contribution in [-0.2, 0) is 0 Å². The summed E-state index contributed by atoms with van der Waals surface area (Å²) < 4.78 is 0. The molecule has 23 heavy (non-hydrogen) atoms. The van der Waals surface area contributed by atoms with Gasteiger partial charge in [-0.1, -0.05) is 30.3 Å². The normalized spacial score (nSPS) is 15.4. The van der Waals surface area contributed by atoms with E-state index in [-0.39, 0.29) is 5.91 Å². The van der Waals surface area contributed by atoms with Gasteiger partial charge in [0.2, 0.25) is 0 Å². The van der Waals surface area contributed by atoms with E-state index in [4.69, 9.17) is 0 Å². The number of piperazine rings is 1. The summed E-state index contributed by atoms with van der Waals surface area (Å²) in [5.41, 5.74) is 3.30. The van der Waals surface area contributed by atoms with Crippen molar-refractivity contribution in [3.8, 4) is 0 Å². The third-order valence-corrected chi connectivity index (χ3v) is 4.24. The lowest BCUT2D eigenvalue weighted by atomic mass is 10.2. The molecule has 0 spiro atoms. The minimum atomic E-state index is -0.00767. The summed E-state index contributed by atoms with van der Waals surface area (Å²) in [6.45, 7) is 6.63. The first-order valence-electron chi connectivity index (χ1n) is 8.09. The summed E-state index contributed by atoms with van der Waals surface area (Å²) in [5, 5.41) is 3.00. The van der Waals surface area contributed by atoms with Gasteiger partial charge in [0.25, 0.3) is 5.91 Å². The molecular weight excluding hydrogens is 286 g/mol. The van der Waals surface area contributed by atoms with Crippen LogP contribution in [0.1, 0.15) is 15.9 Å². The van der Waals surface area contributed by atoms with E-state index in [9.17, 15) is 4.79 Å². The van der Waals surface area contributed by atoms with Crippen molar-refractivity contribution in [2.24, 2.45) is 0 Å². The quantitative estimate of drug-likeness (QED) is 0.942. The molecule has 1 saturated heterocycles. The van der Waals surface area contributed by atoms with Crippen LogP contribution < -0.4 is 10.2 Å². The van der Waals surface area contributed by atoms with Gasteiger partial charge < -0.3 is 10.2 Å². The smallest absolute Gasteiger partial charge is 0.252 e. The van der Waals surface area contributed by atoms with Gasteiger partial charge in [0.1, 0.15) is 0 Å².